The van der Waals surface area contributed by atoms with Crippen LogP contribution in [0.1, 0.15) is 0 Å². The largest absolute Gasteiger partial charge is 0.506 e. The average Bonchev–Trinajstić information content (AvgIpc) is 2.37. The average molecular weight is 354 g/mol. The van der Waals surface area contributed by atoms with E-state index in [1.165, 1.54) is 12.1 Å². The number of phenolic OH excluding ortho intramolecular Hbond substituents is 2. The highest BCUT2D eigenvalue weighted by Crippen LogP contribution is 2.50. The fourth-order valence-corrected chi connectivity index (χ4v) is 2.97. The molecular formula is C12H8Cl4N2O2. The summed E-state index contributed by atoms with van der Waals surface area (Å²) in [6.45, 7) is 0. The highest BCUT2D eigenvalue weighted by molar-refractivity contribution is 6.46. The molecule has 0 saturated heterocycles. The zero-order valence-corrected chi connectivity index (χ0v) is 12.7. The first-order valence-electron chi connectivity index (χ1n) is 5.19. The van der Waals surface area contributed by atoms with Gasteiger partial charge in [0.1, 0.15) is 11.5 Å². The van der Waals surface area contributed by atoms with Gasteiger partial charge in [-0.25, -0.2) is 0 Å². The van der Waals surface area contributed by atoms with Crippen molar-refractivity contribution in [2.45, 2.75) is 0 Å². The highest BCUT2D eigenvalue weighted by Gasteiger charge is 2.22. The Hall–Kier alpha value is -1.20. The normalized spacial score (nSPS) is 10.8. The number of rotatable bonds is 1. The predicted octanol–water partition coefficient (Wildman–Crippen LogP) is 4.54. The highest BCUT2D eigenvalue weighted by atomic mass is 35.5. The SMILES string of the molecule is Nc1c(O)cc(Cl)c(-c2c(Cl)cc(O)c(N)c2Cl)c1Cl. The van der Waals surface area contributed by atoms with Crippen LogP contribution in [0.15, 0.2) is 12.1 Å². The van der Waals surface area contributed by atoms with Gasteiger partial charge in [-0.3, -0.25) is 0 Å². The zero-order chi connectivity index (χ0) is 15.2. The lowest BCUT2D eigenvalue weighted by Gasteiger charge is -2.15. The van der Waals surface area contributed by atoms with E-state index in [0.29, 0.717) is 0 Å². The minimum absolute atomic E-state index is 0.0103. The van der Waals surface area contributed by atoms with Crippen LogP contribution in [0.3, 0.4) is 0 Å². The maximum absolute atomic E-state index is 9.57. The zero-order valence-electron chi connectivity index (χ0n) is 9.72. The van der Waals surface area contributed by atoms with E-state index in [2.05, 4.69) is 0 Å². The Morgan fingerprint density at radius 3 is 1.30 bits per heavy atom. The summed E-state index contributed by atoms with van der Waals surface area (Å²) in [6.07, 6.45) is 0. The molecule has 2 rings (SSSR count). The van der Waals surface area contributed by atoms with E-state index in [9.17, 15) is 10.2 Å². The summed E-state index contributed by atoms with van der Waals surface area (Å²) in [6, 6.07) is 2.43. The predicted molar refractivity (Wildman–Crippen MR) is 84.1 cm³/mol. The van der Waals surface area contributed by atoms with Crippen molar-refractivity contribution in [2.24, 2.45) is 0 Å². The topological polar surface area (TPSA) is 92.5 Å². The van der Waals surface area contributed by atoms with Crippen LogP contribution in [0.4, 0.5) is 11.4 Å². The summed E-state index contributed by atoms with van der Waals surface area (Å²) < 4.78 is 0. The summed E-state index contributed by atoms with van der Waals surface area (Å²) in [4.78, 5) is 0. The molecule has 0 aliphatic rings. The number of phenols is 2. The van der Waals surface area contributed by atoms with Crippen LogP contribution in [0, 0.1) is 0 Å². The maximum Gasteiger partial charge on any atom is 0.141 e. The Labute approximate surface area is 134 Å². The monoisotopic (exact) mass is 352 g/mol. The maximum atomic E-state index is 9.57. The molecule has 0 aromatic heterocycles. The summed E-state index contributed by atoms with van der Waals surface area (Å²) in [5, 5.41) is 19.3. The molecule has 2 aromatic carbocycles. The molecular weight excluding hydrogens is 346 g/mol. The van der Waals surface area contributed by atoms with Crippen LogP contribution in [0.5, 0.6) is 11.5 Å². The second-order valence-electron chi connectivity index (χ2n) is 3.96. The third-order valence-electron chi connectivity index (χ3n) is 2.72. The van der Waals surface area contributed by atoms with Gasteiger partial charge in [-0.1, -0.05) is 46.4 Å². The second-order valence-corrected chi connectivity index (χ2v) is 5.53. The number of aromatic hydroxyl groups is 2. The molecule has 6 N–H and O–H groups in total. The molecule has 106 valence electrons. The Morgan fingerprint density at radius 2 is 1.00 bits per heavy atom. The Morgan fingerprint density at radius 1 is 0.700 bits per heavy atom. The number of hydrogen-bond acceptors (Lipinski definition) is 4. The van der Waals surface area contributed by atoms with Crippen molar-refractivity contribution in [3.8, 4) is 22.6 Å². The molecule has 0 unspecified atom stereocenters. The van der Waals surface area contributed by atoms with Gasteiger partial charge in [-0.15, -0.1) is 0 Å². The lowest BCUT2D eigenvalue weighted by molar-refractivity contribution is 0.477. The van der Waals surface area contributed by atoms with Gasteiger partial charge >= 0.3 is 0 Å². The van der Waals surface area contributed by atoms with Gasteiger partial charge in [-0.2, -0.15) is 0 Å². The first-order chi connectivity index (χ1) is 9.25. The number of nitrogens with two attached hydrogens (primary N) is 2. The van der Waals surface area contributed by atoms with E-state index in [-0.39, 0.29) is 54.1 Å². The molecule has 0 aliphatic heterocycles. The number of benzene rings is 2. The number of hydrogen-bond donors (Lipinski definition) is 4. The van der Waals surface area contributed by atoms with Crippen LogP contribution < -0.4 is 11.5 Å². The molecule has 8 heteroatoms. The van der Waals surface area contributed by atoms with Crippen LogP contribution in [-0.4, -0.2) is 10.2 Å². The first kappa shape index (κ1) is 15.2. The lowest BCUT2D eigenvalue weighted by Crippen LogP contribution is -1.95. The van der Waals surface area contributed by atoms with E-state index in [4.69, 9.17) is 57.9 Å². The van der Waals surface area contributed by atoms with Crippen LogP contribution in [0.2, 0.25) is 20.1 Å². The molecule has 4 nitrogen and oxygen atoms in total. The van der Waals surface area contributed by atoms with E-state index >= 15 is 0 Å². The van der Waals surface area contributed by atoms with Crippen LogP contribution in [0.25, 0.3) is 11.1 Å². The van der Waals surface area contributed by atoms with Crippen molar-refractivity contribution in [1.82, 2.24) is 0 Å². The van der Waals surface area contributed by atoms with Crippen LogP contribution >= 0.6 is 46.4 Å². The second kappa shape index (κ2) is 5.30. The third-order valence-corrected chi connectivity index (χ3v) is 4.10. The first-order valence-corrected chi connectivity index (χ1v) is 6.70. The molecule has 2 aromatic rings. The van der Waals surface area contributed by atoms with E-state index in [1.54, 1.807) is 0 Å². The third kappa shape index (κ3) is 2.29. The summed E-state index contributed by atoms with van der Waals surface area (Å²) in [5.41, 5.74) is 11.6. The molecule has 0 bridgehead atoms. The van der Waals surface area contributed by atoms with Crippen molar-refractivity contribution >= 4 is 57.8 Å². The Kier molecular flexibility index (Phi) is 4.02. The van der Waals surface area contributed by atoms with E-state index in [0.717, 1.165) is 0 Å². The minimum Gasteiger partial charge on any atom is -0.506 e. The van der Waals surface area contributed by atoms with Crippen LogP contribution in [-0.2, 0) is 0 Å². The molecule has 0 heterocycles. The molecule has 0 radical (unpaired) electrons. The fraction of sp³-hybridized carbons (Fsp3) is 0. The molecule has 0 saturated carbocycles. The van der Waals surface area contributed by atoms with Gasteiger partial charge in [0.05, 0.1) is 31.5 Å². The fourth-order valence-electron chi connectivity index (χ4n) is 1.70. The van der Waals surface area contributed by atoms with Gasteiger partial charge in [0.15, 0.2) is 0 Å². The Bertz CT molecular complexity index is 658. The van der Waals surface area contributed by atoms with Crippen molar-refractivity contribution in [3.05, 3.63) is 32.2 Å². The molecule has 20 heavy (non-hydrogen) atoms. The van der Waals surface area contributed by atoms with Crippen molar-refractivity contribution in [1.29, 1.82) is 0 Å². The molecule has 0 aliphatic carbocycles. The van der Waals surface area contributed by atoms with Gasteiger partial charge in [0, 0.05) is 23.3 Å². The number of anilines is 2. The van der Waals surface area contributed by atoms with Gasteiger partial charge in [0.25, 0.3) is 0 Å². The quantitative estimate of drug-likeness (QED) is 0.447. The van der Waals surface area contributed by atoms with E-state index in [1.807, 2.05) is 0 Å². The number of halogens is 4. The van der Waals surface area contributed by atoms with Gasteiger partial charge in [0.2, 0.25) is 0 Å². The standard InChI is InChI=1S/C12H8Cl4N2O2/c13-3-1-5(19)11(17)9(15)7(3)8-4(14)2-6(20)12(18)10(8)16/h1-2,19-20H,17-18H2. The molecule has 0 amide bonds. The molecule has 0 atom stereocenters. The van der Waals surface area contributed by atoms with E-state index < -0.39 is 0 Å². The summed E-state index contributed by atoms with van der Waals surface area (Å²) >= 11 is 24.3. The summed E-state index contributed by atoms with van der Waals surface area (Å²) in [5.74, 6) is -0.523. The summed E-state index contributed by atoms with van der Waals surface area (Å²) in [7, 11) is 0. The number of nitrogen functional groups attached to an aromatic ring is 2. The van der Waals surface area contributed by atoms with Crippen molar-refractivity contribution in [2.75, 3.05) is 11.5 Å². The Balaban J connectivity index is 2.90. The minimum atomic E-state index is -0.261. The lowest BCUT2D eigenvalue weighted by atomic mass is 10.0. The molecule has 0 fully saturated rings. The van der Waals surface area contributed by atoms with Gasteiger partial charge in [-0.05, 0) is 0 Å². The molecule has 0 spiro atoms. The van der Waals surface area contributed by atoms with Crippen molar-refractivity contribution < 1.29 is 10.2 Å². The smallest absolute Gasteiger partial charge is 0.141 e. The van der Waals surface area contributed by atoms with Crippen molar-refractivity contribution in [3.63, 3.8) is 0 Å². The van der Waals surface area contributed by atoms with Gasteiger partial charge < -0.3 is 21.7 Å².